The van der Waals surface area contributed by atoms with Crippen molar-refractivity contribution in [1.82, 2.24) is 10.2 Å². The van der Waals surface area contributed by atoms with Gasteiger partial charge in [0, 0.05) is 12.6 Å². The van der Waals surface area contributed by atoms with Gasteiger partial charge in [0.15, 0.2) is 9.84 Å². The minimum Gasteiger partial charge on any atom is -0.313 e. The molecule has 0 aliphatic carbocycles. The molecule has 1 N–H and O–H groups in total. The molecule has 26 heavy (non-hydrogen) atoms. The summed E-state index contributed by atoms with van der Waals surface area (Å²) >= 11 is 0. The maximum atomic E-state index is 12.1. The quantitative estimate of drug-likeness (QED) is 0.810. The van der Waals surface area contributed by atoms with E-state index < -0.39 is 9.84 Å². The normalized spacial score (nSPS) is 19.0. The van der Waals surface area contributed by atoms with Crippen molar-refractivity contribution in [2.24, 2.45) is 0 Å². The van der Waals surface area contributed by atoms with Gasteiger partial charge in [0.1, 0.15) is 0 Å². The maximum Gasteiger partial charge on any atom is 0.178 e. The standard InChI is InChI=1S/C21H28N2O2S/c1-3-26(24,25)20-13-11-18(12-14-20)21(17-8-5-4-6-9-17)23(2)16-19-10-7-15-22-19/h4-6,8-9,11-14,19,21-22H,3,7,10,15-16H2,1-2H3. The van der Waals surface area contributed by atoms with Crippen LogP contribution in [-0.2, 0) is 9.84 Å². The number of sulfone groups is 1. The van der Waals surface area contributed by atoms with Crippen LogP contribution in [0.25, 0.3) is 0 Å². The lowest BCUT2D eigenvalue weighted by atomic mass is 9.97. The van der Waals surface area contributed by atoms with E-state index in [9.17, 15) is 8.42 Å². The van der Waals surface area contributed by atoms with Crippen LogP contribution < -0.4 is 5.32 Å². The number of hydrogen-bond acceptors (Lipinski definition) is 4. The Hall–Kier alpha value is -1.69. The SMILES string of the molecule is CCS(=O)(=O)c1ccc(C(c2ccccc2)N(C)CC2CCCN2)cc1. The van der Waals surface area contributed by atoms with Crippen molar-refractivity contribution < 1.29 is 8.42 Å². The summed E-state index contributed by atoms with van der Waals surface area (Å²) in [5.74, 6) is 0.127. The molecular weight excluding hydrogens is 344 g/mol. The second kappa shape index (κ2) is 8.33. The summed E-state index contributed by atoms with van der Waals surface area (Å²) < 4.78 is 24.2. The zero-order chi connectivity index (χ0) is 18.6. The molecule has 0 aromatic heterocycles. The predicted molar refractivity (Wildman–Crippen MR) is 106 cm³/mol. The van der Waals surface area contributed by atoms with Gasteiger partial charge in [0.2, 0.25) is 0 Å². The van der Waals surface area contributed by atoms with Crippen LogP contribution in [0, 0.1) is 0 Å². The van der Waals surface area contributed by atoms with Gasteiger partial charge < -0.3 is 5.32 Å². The molecule has 140 valence electrons. The molecule has 1 aliphatic rings. The zero-order valence-corrected chi connectivity index (χ0v) is 16.4. The fraction of sp³-hybridized carbons (Fsp3) is 0.429. The first kappa shape index (κ1) is 19.1. The first-order valence-electron chi connectivity index (χ1n) is 9.32. The average Bonchev–Trinajstić information content (AvgIpc) is 3.16. The molecule has 1 aliphatic heterocycles. The minimum atomic E-state index is -3.17. The molecule has 0 bridgehead atoms. The molecule has 1 fully saturated rings. The van der Waals surface area contributed by atoms with Gasteiger partial charge in [-0.05, 0) is 49.7 Å². The Balaban J connectivity index is 1.90. The third kappa shape index (κ3) is 4.34. The molecule has 4 nitrogen and oxygen atoms in total. The summed E-state index contributed by atoms with van der Waals surface area (Å²) in [5, 5.41) is 3.56. The Labute approximate surface area is 157 Å². The molecule has 2 atom stereocenters. The number of nitrogens with one attached hydrogen (secondary N) is 1. The number of rotatable bonds is 7. The van der Waals surface area contributed by atoms with Crippen molar-refractivity contribution in [3.8, 4) is 0 Å². The first-order chi connectivity index (χ1) is 12.5. The van der Waals surface area contributed by atoms with E-state index in [4.69, 9.17) is 0 Å². The number of benzene rings is 2. The van der Waals surface area contributed by atoms with Gasteiger partial charge in [-0.25, -0.2) is 8.42 Å². The molecular formula is C21H28N2O2S. The lowest BCUT2D eigenvalue weighted by Crippen LogP contribution is -2.37. The Morgan fingerprint density at radius 1 is 1.08 bits per heavy atom. The van der Waals surface area contributed by atoms with Gasteiger partial charge in [0.05, 0.1) is 16.7 Å². The molecule has 2 aromatic carbocycles. The van der Waals surface area contributed by atoms with Crippen molar-refractivity contribution in [2.45, 2.75) is 36.7 Å². The van der Waals surface area contributed by atoms with E-state index in [1.54, 1.807) is 19.1 Å². The van der Waals surface area contributed by atoms with Crippen LogP contribution in [0.2, 0.25) is 0 Å². The van der Waals surface area contributed by atoms with E-state index in [1.807, 2.05) is 18.2 Å². The molecule has 3 rings (SSSR count). The van der Waals surface area contributed by atoms with Crippen LogP contribution in [0.15, 0.2) is 59.5 Å². The molecule has 1 heterocycles. The Kier molecular flexibility index (Phi) is 6.12. The van der Waals surface area contributed by atoms with Crippen molar-refractivity contribution in [3.63, 3.8) is 0 Å². The van der Waals surface area contributed by atoms with Crippen LogP contribution in [0.1, 0.15) is 36.9 Å². The summed E-state index contributed by atoms with van der Waals surface area (Å²) in [5.41, 5.74) is 2.34. The van der Waals surface area contributed by atoms with Crippen LogP contribution >= 0.6 is 0 Å². The Bertz CT molecular complexity index is 798. The summed E-state index contributed by atoms with van der Waals surface area (Å²) in [7, 11) is -1.02. The van der Waals surface area contributed by atoms with Crippen molar-refractivity contribution in [2.75, 3.05) is 25.9 Å². The van der Waals surface area contributed by atoms with E-state index in [2.05, 4.69) is 41.5 Å². The summed E-state index contributed by atoms with van der Waals surface area (Å²) in [4.78, 5) is 2.76. The molecule has 0 radical (unpaired) electrons. The van der Waals surface area contributed by atoms with Crippen LogP contribution in [0.3, 0.4) is 0 Å². The second-order valence-electron chi connectivity index (χ2n) is 7.02. The Morgan fingerprint density at radius 2 is 1.73 bits per heavy atom. The third-order valence-corrected chi connectivity index (χ3v) is 6.91. The predicted octanol–water partition coefficient (Wildman–Crippen LogP) is 3.25. The third-order valence-electron chi connectivity index (χ3n) is 5.16. The number of hydrogen-bond donors (Lipinski definition) is 1. The van der Waals surface area contributed by atoms with Gasteiger partial charge in [-0.2, -0.15) is 0 Å². The topological polar surface area (TPSA) is 49.4 Å². The monoisotopic (exact) mass is 372 g/mol. The molecule has 2 unspecified atom stereocenters. The van der Waals surface area contributed by atoms with E-state index in [0.29, 0.717) is 10.9 Å². The van der Waals surface area contributed by atoms with Crippen molar-refractivity contribution in [3.05, 3.63) is 65.7 Å². The van der Waals surface area contributed by atoms with Gasteiger partial charge in [-0.3, -0.25) is 4.90 Å². The second-order valence-corrected chi connectivity index (χ2v) is 9.30. The highest BCUT2D eigenvalue weighted by Crippen LogP contribution is 2.29. The van der Waals surface area contributed by atoms with Crippen LogP contribution in [0.4, 0.5) is 0 Å². The zero-order valence-electron chi connectivity index (χ0n) is 15.6. The van der Waals surface area contributed by atoms with Crippen LogP contribution in [0.5, 0.6) is 0 Å². The van der Waals surface area contributed by atoms with E-state index in [1.165, 1.54) is 18.4 Å². The van der Waals surface area contributed by atoms with Gasteiger partial charge >= 0.3 is 0 Å². The molecule has 1 saturated heterocycles. The number of likely N-dealkylation sites (N-methyl/N-ethyl adjacent to an activating group) is 1. The lowest BCUT2D eigenvalue weighted by Gasteiger charge is -2.31. The van der Waals surface area contributed by atoms with Gasteiger partial charge in [-0.15, -0.1) is 0 Å². The Morgan fingerprint density at radius 3 is 2.31 bits per heavy atom. The molecule has 0 amide bonds. The molecule has 5 heteroatoms. The molecule has 0 saturated carbocycles. The molecule has 0 spiro atoms. The fourth-order valence-corrected chi connectivity index (χ4v) is 4.61. The van der Waals surface area contributed by atoms with Crippen molar-refractivity contribution in [1.29, 1.82) is 0 Å². The maximum absolute atomic E-state index is 12.1. The average molecular weight is 373 g/mol. The molecule has 2 aromatic rings. The summed E-state index contributed by atoms with van der Waals surface area (Å²) in [6.45, 7) is 3.74. The first-order valence-corrected chi connectivity index (χ1v) is 11.0. The van der Waals surface area contributed by atoms with Gasteiger partial charge in [-0.1, -0.05) is 49.4 Å². The minimum absolute atomic E-state index is 0.108. The largest absolute Gasteiger partial charge is 0.313 e. The fourth-order valence-electron chi connectivity index (χ4n) is 3.73. The summed E-state index contributed by atoms with van der Waals surface area (Å²) in [6.07, 6.45) is 2.44. The van der Waals surface area contributed by atoms with E-state index >= 15 is 0 Å². The highest BCUT2D eigenvalue weighted by atomic mass is 32.2. The summed E-state index contributed by atoms with van der Waals surface area (Å²) in [6, 6.07) is 18.4. The number of nitrogens with zero attached hydrogens (tertiary/aromatic N) is 1. The highest BCUT2D eigenvalue weighted by molar-refractivity contribution is 7.91. The van der Waals surface area contributed by atoms with Crippen LogP contribution in [-0.4, -0.2) is 45.2 Å². The van der Waals surface area contributed by atoms with E-state index in [-0.39, 0.29) is 11.8 Å². The van der Waals surface area contributed by atoms with E-state index in [0.717, 1.165) is 18.7 Å². The van der Waals surface area contributed by atoms with Gasteiger partial charge in [0.25, 0.3) is 0 Å². The highest BCUT2D eigenvalue weighted by Gasteiger charge is 2.24. The van der Waals surface area contributed by atoms with Crippen molar-refractivity contribution >= 4 is 9.84 Å². The lowest BCUT2D eigenvalue weighted by molar-refractivity contribution is 0.253. The smallest absolute Gasteiger partial charge is 0.178 e.